The molecule has 2 heteroatoms. The Morgan fingerprint density at radius 2 is 2.22 bits per heavy atom. The van der Waals surface area contributed by atoms with Crippen LogP contribution in [0, 0.1) is 5.92 Å². The van der Waals surface area contributed by atoms with Crippen molar-refractivity contribution in [3.05, 3.63) is 5.92 Å². The molecular formula is C7H11OY-. The van der Waals surface area contributed by atoms with Gasteiger partial charge in [-0.25, -0.2) is 0 Å². The van der Waals surface area contributed by atoms with Crippen LogP contribution in [0.4, 0.5) is 0 Å². The topological polar surface area (TPSA) is 17.1 Å². The minimum Gasteiger partial charge on any atom is -0.310 e. The first-order valence-corrected chi connectivity index (χ1v) is 3.12. The third-order valence-electron chi connectivity index (χ3n) is 1.56. The van der Waals surface area contributed by atoms with Crippen molar-refractivity contribution in [1.82, 2.24) is 0 Å². The summed E-state index contributed by atoms with van der Waals surface area (Å²) < 4.78 is 0. The molecule has 0 bridgehead atoms. The Morgan fingerprint density at radius 3 is 2.56 bits per heavy atom. The van der Waals surface area contributed by atoms with E-state index in [9.17, 15) is 4.79 Å². The molecule has 1 saturated carbocycles. The van der Waals surface area contributed by atoms with Crippen LogP contribution in [0.1, 0.15) is 32.6 Å². The van der Waals surface area contributed by atoms with Crippen molar-refractivity contribution in [2.75, 3.05) is 0 Å². The van der Waals surface area contributed by atoms with Crippen LogP contribution < -0.4 is 0 Å². The molecular weight excluding hydrogens is 189 g/mol. The summed E-state index contributed by atoms with van der Waals surface area (Å²) in [6.45, 7) is 2.07. The summed E-state index contributed by atoms with van der Waals surface area (Å²) in [5.41, 5.74) is 0. The van der Waals surface area contributed by atoms with Crippen molar-refractivity contribution in [2.24, 2.45) is 0 Å². The molecule has 1 nitrogen and oxygen atoms in total. The zero-order valence-corrected chi connectivity index (χ0v) is 8.65. The summed E-state index contributed by atoms with van der Waals surface area (Å²) in [7, 11) is 0. The molecule has 0 amide bonds. The number of hydrogen-bond acceptors (Lipinski definition) is 1. The number of carbonyl (C=O) groups excluding carboxylic acids is 1. The van der Waals surface area contributed by atoms with Crippen LogP contribution in [0.2, 0.25) is 0 Å². The third-order valence-corrected chi connectivity index (χ3v) is 1.56. The molecule has 1 aliphatic rings. The predicted molar refractivity (Wildman–Crippen MR) is 32.4 cm³/mol. The summed E-state index contributed by atoms with van der Waals surface area (Å²) >= 11 is 0. The Labute approximate surface area is 81.5 Å². The van der Waals surface area contributed by atoms with Crippen LogP contribution in [0.5, 0.6) is 0 Å². The van der Waals surface area contributed by atoms with Crippen LogP contribution in [0.25, 0.3) is 0 Å². The van der Waals surface area contributed by atoms with E-state index in [1.807, 2.05) is 0 Å². The van der Waals surface area contributed by atoms with Gasteiger partial charge in [0.05, 0.1) is 0 Å². The van der Waals surface area contributed by atoms with Crippen LogP contribution in [0.15, 0.2) is 0 Å². The van der Waals surface area contributed by atoms with Crippen molar-refractivity contribution in [3.8, 4) is 0 Å². The Morgan fingerprint density at radius 1 is 1.56 bits per heavy atom. The molecule has 0 atom stereocenters. The van der Waals surface area contributed by atoms with Gasteiger partial charge in [-0.05, 0) is 0 Å². The molecule has 0 aliphatic heterocycles. The van der Waals surface area contributed by atoms with Gasteiger partial charge in [-0.3, -0.25) is 0 Å². The fourth-order valence-electron chi connectivity index (χ4n) is 1.10. The van der Waals surface area contributed by atoms with E-state index < -0.39 is 0 Å². The molecule has 9 heavy (non-hydrogen) atoms. The van der Waals surface area contributed by atoms with Gasteiger partial charge < -0.3 is 10.7 Å². The average molecular weight is 200 g/mol. The third kappa shape index (κ3) is 3.47. The second-order valence-corrected chi connectivity index (χ2v) is 2.53. The van der Waals surface area contributed by atoms with Crippen LogP contribution in [-0.2, 0) is 37.5 Å². The molecule has 0 unspecified atom stereocenters. The van der Waals surface area contributed by atoms with Gasteiger partial charge in [-0.1, -0.05) is 6.42 Å². The number of rotatable bonds is 0. The quantitative estimate of drug-likeness (QED) is 0.544. The fraction of sp³-hybridized carbons (Fsp3) is 0.714. The largest absolute Gasteiger partial charge is 0.310 e. The smallest absolute Gasteiger partial charge is 0.103 e. The van der Waals surface area contributed by atoms with Crippen molar-refractivity contribution in [3.63, 3.8) is 0 Å². The molecule has 1 fully saturated rings. The first kappa shape index (κ1) is 9.77. The van der Waals surface area contributed by atoms with Gasteiger partial charge in [0.25, 0.3) is 0 Å². The molecule has 0 aromatic rings. The van der Waals surface area contributed by atoms with Crippen molar-refractivity contribution >= 4 is 5.78 Å². The summed E-state index contributed by atoms with van der Waals surface area (Å²) in [5.74, 6) is 1.79. The second kappa shape index (κ2) is 4.57. The van der Waals surface area contributed by atoms with Crippen molar-refractivity contribution < 1.29 is 37.5 Å². The normalized spacial score (nSPS) is 21.2. The van der Waals surface area contributed by atoms with E-state index in [2.05, 4.69) is 6.92 Å². The standard InChI is InChI=1S/C7H11O.Y/c1-6-3-2-4-7(8)5-6;/h2-5H2,1H3;/q-1;. The fourth-order valence-corrected chi connectivity index (χ4v) is 1.10. The van der Waals surface area contributed by atoms with E-state index >= 15 is 0 Å². The summed E-state index contributed by atoms with van der Waals surface area (Å²) in [6.07, 6.45) is 3.83. The molecule has 1 radical (unpaired) electrons. The van der Waals surface area contributed by atoms with Gasteiger partial charge in [0.1, 0.15) is 5.78 Å². The second-order valence-electron chi connectivity index (χ2n) is 2.53. The maximum absolute atomic E-state index is 10.7. The minimum atomic E-state index is 0. The molecule has 0 aromatic heterocycles. The molecule has 0 N–H and O–H groups in total. The van der Waals surface area contributed by atoms with E-state index in [0.717, 1.165) is 19.3 Å². The zero-order chi connectivity index (χ0) is 5.98. The Balaban J connectivity index is 0.000000640. The SMILES string of the molecule is C[C-]1CCCC(=O)C1.[Y]. The average Bonchev–Trinajstić information content (AvgIpc) is 1.64. The van der Waals surface area contributed by atoms with Gasteiger partial charge in [-0.2, -0.15) is 13.3 Å². The van der Waals surface area contributed by atoms with E-state index in [0.29, 0.717) is 5.78 Å². The Hall–Kier alpha value is 0.774. The van der Waals surface area contributed by atoms with Crippen LogP contribution in [0.3, 0.4) is 0 Å². The monoisotopic (exact) mass is 200 g/mol. The van der Waals surface area contributed by atoms with E-state index in [4.69, 9.17) is 0 Å². The number of Topliss-reactive ketones (excluding diaryl/α,β-unsaturated/α-hetero) is 1. The first-order valence-electron chi connectivity index (χ1n) is 3.12. The van der Waals surface area contributed by atoms with E-state index in [-0.39, 0.29) is 32.7 Å². The van der Waals surface area contributed by atoms with Gasteiger partial charge in [0.15, 0.2) is 0 Å². The van der Waals surface area contributed by atoms with Crippen LogP contribution >= 0.6 is 0 Å². The number of ketones is 1. The van der Waals surface area contributed by atoms with Crippen molar-refractivity contribution in [1.29, 1.82) is 0 Å². The molecule has 0 heterocycles. The van der Waals surface area contributed by atoms with E-state index in [1.165, 1.54) is 12.3 Å². The molecule has 1 rings (SSSR count). The Bertz CT molecular complexity index is 101. The van der Waals surface area contributed by atoms with Gasteiger partial charge in [0, 0.05) is 39.1 Å². The van der Waals surface area contributed by atoms with Crippen molar-refractivity contribution in [2.45, 2.75) is 32.6 Å². The molecule has 0 saturated heterocycles. The minimum absolute atomic E-state index is 0. The van der Waals surface area contributed by atoms with Gasteiger partial charge >= 0.3 is 0 Å². The number of hydrogen-bond donors (Lipinski definition) is 0. The summed E-state index contributed by atoms with van der Waals surface area (Å²) in [6, 6.07) is 0. The predicted octanol–water partition coefficient (Wildman–Crippen LogP) is 1.72. The number of carbonyl (C=O) groups is 1. The molecule has 49 valence electrons. The van der Waals surface area contributed by atoms with E-state index in [1.54, 1.807) is 0 Å². The summed E-state index contributed by atoms with van der Waals surface area (Å²) in [4.78, 5) is 10.7. The Kier molecular flexibility index (Phi) is 4.96. The molecule has 1 aliphatic carbocycles. The van der Waals surface area contributed by atoms with Gasteiger partial charge in [0.2, 0.25) is 0 Å². The van der Waals surface area contributed by atoms with Crippen LogP contribution in [-0.4, -0.2) is 5.78 Å². The maximum Gasteiger partial charge on any atom is 0.103 e. The summed E-state index contributed by atoms with van der Waals surface area (Å²) in [5, 5.41) is 0. The van der Waals surface area contributed by atoms with Gasteiger partial charge in [-0.15, -0.1) is 6.42 Å². The maximum atomic E-state index is 10.7. The molecule has 0 aromatic carbocycles. The first-order chi connectivity index (χ1) is 3.79. The zero-order valence-electron chi connectivity index (χ0n) is 5.81. The molecule has 0 spiro atoms.